The van der Waals surface area contributed by atoms with E-state index in [1.807, 2.05) is 18.2 Å². The number of benzene rings is 1. The quantitative estimate of drug-likeness (QED) is 0.356. The van der Waals surface area contributed by atoms with Crippen molar-refractivity contribution in [1.82, 2.24) is 4.98 Å². The molecular formula is C27H29N3O4S2. The van der Waals surface area contributed by atoms with Gasteiger partial charge >= 0.3 is 5.97 Å². The molecule has 2 heterocycles. The summed E-state index contributed by atoms with van der Waals surface area (Å²) in [6.07, 6.45) is 5.99. The van der Waals surface area contributed by atoms with E-state index in [4.69, 9.17) is 0 Å². The first-order valence-corrected chi connectivity index (χ1v) is 14.1. The van der Waals surface area contributed by atoms with Gasteiger partial charge in [0.2, 0.25) is 5.91 Å². The van der Waals surface area contributed by atoms with Crippen LogP contribution in [0.2, 0.25) is 0 Å². The number of nitrogens with one attached hydrogen (secondary N) is 1. The molecule has 2 saturated carbocycles. The molecule has 188 valence electrons. The molecule has 0 bridgehead atoms. The van der Waals surface area contributed by atoms with E-state index in [2.05, 4.69) is 17.2 Å². The number of aromatic carboxylic acids is 1. The topological polar surface area (TPSA) is 99.6 Å². The van der Waals surface area contributed by atoms with Crippen molar-refractivity contribution in [1.29, 1.82) is 0 Å². The number of rotatable bonds is 8. The van der Waals surface area contributed by atoms with Crippen LogP contribution >= 0.6 is 22.7 Å². The smallest absolute Gasteiger partial charge is 0.348 e. The molecule has 0 radical (unpaired) electrons. The molecule has 2 aliphatic carbocycles. The predicted octanol–water partition coefficient (Wildman–Crippen LogP) is 6.39. The van der Waals surface area contributed by atoms with E-state index in [0.29, 0.717) is 35.4 Å². The van der Waals surface area contributed by atoms with E-state index in [9.17, 15) is 19.5 Å². The molecule has 3 aromatic rings. The van der Waals surface area contributed by atoms with E-state index in [1.54, 1.807) is 27.9 Å². The number of aromatic nitrogens is 1. The van der Waals surface area contributed by atoms with Crippen molar-refractivity contribution in [3.63, 3.8) is 0 Å². The maximum Gasteiger partial charge on any atom is 0.348 e. The van der Waals surface area contributed by atoms with Gasteiger partial charge in [0.25, 0.3) is 5.91 Å². The van der Waals surface area contributed by atoms with Crippen LogP contribution in [0, 0.1) is 17.8 Å². The van der Waals surface area contributed by atoms with Gasteiger partial charge in [0.1, 0.15) is 10.6 Å². The van der Waals surface area contributed by atoms with Gasteiger partial charge in [0.05, 0.1) is 11.2 Å². The highest BCUT2D eigenvalue weighted by molar-refractivity contribution is 7.18. The Morgan fingerprint density at radius 2 is 1.81 bits per heavy atom. The lowest BCUT2D eigenvalue weighted by Crippen LogP contribution is -2.39. The highest BCUT2D eigenvalue weighted by Gasteiger charge is 2.35. The summed E-state index contributed by atoms with van der Waals surface area (Å²) in [6, 6.07) is 9.13. The van der Waals surface area contributed by atoms with Gasteiger partial charge in [-0.2, -0.15) is 0 Å². The monoisotopic (exact) mass is 523 g/mol. The zero-order chi connectivity index (χ0) is 25.2. The van der Waals surface area contributed by atoms with Crippen molar-refractivity contribution in [2.24, 2.45) is 17.8 Å². The van der Waals surface area contributed by atoms with E-state index in [-0.39, 0.29) is 22.6 Å². The molecule has 0 saturated heterocycles. The number of anilines is 2. The first-order chi connectivity index (χ1) is 17.4. The predicted molar refractivity (Wildman–Crippen MR) is 143 cm³/mol. The summed E-state index contributed by atoms with van der Waals surface area (Å²) in [6.45, 7) is 2.81. The van der Waals surface area contributed by atoms with Crippen molar-refractivity contribution in [2.75, 3.05) is 16.8 Å². The Hall–Kier alpha value is -3.04. The first-order valence-electron chi connectivity index (χ1n) is 12.4. The maximum absolute atomic E-state index is 13.6. The minimum absolute atomic E-state index is 0.0365. The van der Waals surface area contributed by atoms with E-state index in [1.165, 1.54) is 22.7 Å². The first kappa shape index (κ1) is 24.6. The number of nitrogens with zero attached hydrogens (tertiary/aromatic N) is 2. The van der Waals surface area contributed by atoms with Crippen LogP contribution in [0.25, 0.3) is 10.4 Å². The Labute approximate surface area is 218 Å². The number of carboxylic acid groups (broad SMARTS) is 1. The summed E-state index contributed by atoms with van der Waals surface area (Å²) in [7, 11) is 0. The van der Waals surface area contributed by atoms with Crippen molar-refractivity contribution < 1.29 is 19.5 Å². The number of thiazole rings is 1. The zero-order valence-corrected chi connectivity index (χ0v) is 21.7. The fourth-order valence-corrected chi connectivity index (χ4v) is 6.25. The summed E-state index contributed by atoms with van der Waals surface area (Å²) in [5.41, 5.74) is 3.96. The lowest BCUT2D eigenvalue weighted by molar-refractivity contribution is -0.123. The summed E-state index contributed by atoms with van der Waals surface area (Å²) in [4.78, 5) is 44.9. The Morgan fingerprint density at radius 3 is 2.42 bits per heavy atom. The molecular weight excluding hydrogens is 494 g/mol. The second kappa shape index (κ2) is 10.5. The molecule has 5 rings (SSSR count). The second-order valence-electron chi connectivity index (χ2n) is 9.88. The van der Waals surface area contributed by atoms with E-state index < -0.39 is 5.97 Å². The van der Waals surface area contributed by atoms with Gasteiger partial charge in [-0.05, 0) is 74.1 Å². The molecule has 2 N–H and O–H groups in total. The second-order valence-corrected chi connectivity index (χ2v) is 11.7. The van der Waals surface area contributed by atoms with Gasteiger partial charge in [0.15, 0.2) is 0 Å². The van der Waals surface area contributed by atoms with E-state index >= 15 is 0 Å². The largest absolute Gasteiger partial charge is 0.477 e. The SMILES string of the molecule is C[C@H]1CC[C@H](C(=O)N(CC2CC2)c2cc(-c3ccc(NC(=O)c4cscn4)cc3)sc2C(=O)O)CC1. The highest BCUT2D eigenvalue weighted by Crippen LogP contribution is 2.41. The average molecular weight is 524 g/mol. The van der Waals surface area contributed by atoms with Crippen molar-refractivity contribution in [2.45, 2.75) is 45.4 Å². The van der Waals surface area contributed by atoms with Gasteiger partial charge in [-0.15, -0.1) is 22.7 Å². The van der Waals surface area contributed by atoms with Crippen molar-refractivity contribution in [3.05, 3.63) is 51.8 Å². The number of carbonyl (C=O) groups excluding carboxylic acids is 2. The highest BCUT2D eigenvalue weighted by atomic mass is 32.1. The Bertz CT molecular complexity index is 1240. The van der Waals surface area contributed by atoms with Gasteiger partial charge < -0.3 is 15.3 Å². The minimum atomic E-state index is -1.01. The van der Waals surface area contributed by atoms with Crippen LogP contribution in [-0.4, -0.2) is 34.4 Å². The van der Waals surface area contributed by atoms with Crippen LogP contribution in [0.4, 0.5) is 11.4 Å². The lowest BCUT2D eigenvalue weighted by Gasteiger charge is -2.31. The molecule has 0 spiro atoms. The molecule has 0 aliphatic heterocycles. The van der Waals surface area contributed by atoms with Gasteiger partial charge in [0, 0.05) is 28.4 Å². The number of carbonyl (C=O) groups is 3. The van der Waals surface area contributed by atoms with Gasteiger partial charge in [-0.3, -0.25) is 9.59 Å². The molecule has 1 aromatic carbocycles. The average Bonchev–Trinajstić information content (AvgIpc) is 3.32. The molecule has 2 amide bonds. The Kier molecular flexibility index (Phi) is 7.20. The Morgan fingerprint density at radius 1 is 1.08 bits per heavy atom. The number of thiophene rings is 1. The maximum atomic E-state index is 13.6. The third kappa shape index (κ3) is 5.52. The van der Waals surface area contributed by atoms with Crippen LogP contribution < -0.4 is 10.2 Å². The van der Waals surface area contributed by atoms with Gasteiger partial charge in [-0.1, -0.05) is 19.1 Å². The van der Waals surface area contributed by atoms with Crippen LogP contribution in [0.5, 0.6) is 0 Å². The molecule has 7 nitrogen and oxygen atoms in total. The molecule has 0 unspecified atom stereocenters. The third-order valence-electron chi connectivity index (χ3n) is 7.06. The summed E-state index contributed by atoms with van der Waals surface area (Å²) >= 11 is 2.55. The fourth-order valence-electron chi connectivity index (χ4n) is 4.71. The molecule has 36 heavy (non-hydrogen) atoms. The van der Waals surface area contributed by atoms with Crippen molar-refractivity contribution in [3.8, 4) is 10.4 Å². The summed E-state index contributed by atoms with van der Waals surface area (Å²) in [5.74, 6) is -0.169. The standard InChI is InChI=1S/C27H29N3O4S2/c1-16-2-6-19(7-3-16)26(32)30(13-17-4-5-17)22-12-23(36-24(22)27(33)34)18-8-10-20(11-9-18)29-25(31)21-14-35-15-28-21/h8-12,14-17,19H,2-7,13H2,1H3,(H,29,31)(H,33,34)/t16-,19-. The number of hydrogen-bond donors (Lipinski definition) is 2. The van der Waals surface area contributed by atoms with Crippen LogP contribution in [0.15, 0.2) is 41.2 Å². The Balaban J connectivity index is 1.39. The molecule has 0 atom stereocenters. The molecule has 2 aromatic heterocycles. The summed E-state index contributed by atoms with van der Waals surface area (Å²) in [5, 5.41) is 14.5. The lowest BCUT2D eigenvalue weighted by atomic mass is 9.82. The van der Waals surface area contributed by atoms with Gasteiger partial charge in [-0.25, -0.2) is 9.78 Å². The normalized spacial score (nSPS) is 19.6. The summed E-state index contributed by atoms with van der Waals surface area (Å²) < 4.78 is 0. The van der Waals surface area contributed by atoms with Crippen LogP contribution in [0.1, 0.15) is 65.6 Å². The number of hydrogen-bond acceptors (Lipinski definition) is 6. The third-order valence-corrected chi connectivity index (χ3v) is 8.81. The van der Waals surface area contributed by atoms with E-state index in [0.717, 1.165) is 49.0 Å². The number of amides is 2. The minimum Gasteiger partial charge on any atom is -0.477 e. The molecule has 2 aliphatic rings. The molecule has 2 fully saturated rings. The molecule has 9 heteroatoms. The zero-order valence-electron chi connectivity index (χ0n) is 20.1. The van der Waals surface area contributed by atoms with Crippen LogP contribution in [0.3, 0.4) is 0 Å². The van der Waals surface area contributed by atoms with Crippen LogP contribution in [-0.2, 0) is 4.79 Å². The van der Waals surface area contributed by atoms with Crippen molar-refractivity contribution >= 4 is 51.8 Å². The fraction of sp³-hybridized carbons (Fsp3) is 0.407. The number of carboxylic acids is 1.